The van der Waals surface area contributed by atoms with E-state index >= 15 is 0 Å². The van der Waals surface area contributed by atoms with Gasteiger partial charge in [-0.3, -0.25) is 4.79 Å². The Labute approximate surface area is 707 Å². The van der Waals surface area contributed by atoms with E-state index in [9.17, 15) is 31.1 Å². The molecule has 0 unspecified atom stereocenters. The van der Waals surface area contributed by atoms with E-state index in [0.717, 1.165) is 64.4 Å². The Balaban J connectivity index is 0.000000251. The van der Waals surface area contributed by atoms with Gasteiger partial charge in [0.1, 0.15) is 11.5 Å². The van der Waals surface area contributed by atoms with Crippen molar-refractivity contribution in [3.8, 4) is 11.5 Å². The molecule has 0 aliphatic heterocycles. The molecule has 0 aliphatic carbocycles. The molecule has 118 heavy (non-hydrogen) atoms. The smallest absolute Gasteiger partial charge is 0.411 e. The molecular weight excluding hydrogens is 1500 g/mol. The highest BCUT2D eigenvalue weighted by Crippen LogP contribution is 2.56. The van der Waals surface area contributed by atoms with E-state index < -0.39 is 45.5 Å². The van der Waals surface area contributed by atoms with Gasteiger partial charge in [0.2, 0.25) is 22.0 Å². The lowest BCUT2D eigenvalue weighted by Gasteiger charge is -2.38. The number of halogens is 6. The first-order valence-electron chi connectivity index (χ1n) is 40.9. The molecule has 0 saturated carbocycles. The Hall–Kier alpha value is -9.92. The van der Waals surface area contributed by atoms with Gasteiger partial charge >= 0.3 is 12.4 Å². The van der Waals surface area contributed by atoms with Gasteiger partial charge in [-0.05, 0) is 401 Å². The summed E-state index contributed by atoms with van der Waals surface area (Å²) in [5.41, 5.74) is 26.8. The molecule has 12 aromatic rings. The lowest BCUT2D eigenvalue weighted by Crippen LogP contribution is -2.57. The lowest BCUT2D eigenvalue weighted by atomic mass is 9.71. The van der Waals surface area contributed by atoms with Crippen LogP contribution in [0.25, 0.3) is 0 Å². The number of carbonyl (C=O) groups excluding carboxylic acids is 1. The van der Waals surface area contributed by atoms with E-state index in [2.05, 4.69) is 296 Å². The van der Waals surface area contributed by atoms with Crippen molar-refractivity contribution in [3.63, 3.8) is 0 Å². The monoisotopic (exact) mass is 1630 g/mol. The van der Waals surface area contributed by atoms with Gasteiger partial charge in [0.25, 0.3) is 0 Å². The first kappa shape index (κ1) is 98.7. The predicted octanol–water partition coefficient (Wildman–Crippen LogP) is 29.8. The summed E-state index contributed by atoms with van der Waals surface area (Å²) in [5, 5.41) is 2.79. The van der Waals surface area contributed by atoms with Crippen molar-refractivity contribution in [2.24, 2.45) is 0 Å². The molecule has 0 radical (unpaired) electrons. The predicted molar refractivity (Wildman–Crippen MR) is 497 cm³/mol. The van der Waals surface area contributed by atoms with E-state index in [0.29, 0.717) is 22.3 Å². The van der Waals surface area contributed by atoms with Crippen LogP contribution >= 0.6 is 0 Å². The zero-order valence-electron chi connectivity index (χ0n) is 76.1. The Morgan fingerprint density at radius 3 is 0.737 bits per heavy atom. The summed E-state index contributed by atoms with van der Waals surface area (Å²) in [6.45, 7) is 62.0. The third kappa shape index (κ3) is 27.6. The Kier molecular flexibility index (Phi) is 36.5. The number of ether oxygens (including phenoxy) is 1. The molecule has 0 saturated heterocycles. The molecule has 0 spiro atoms. The minimum Gasteiger partial charge on any atom is -0.457 e. The van der Waals surface area contributed by atoms with Gasteiger partial charge in [0, 0.05) is 11.1 Å². The molecule has 0 atom stereocenters. The van der Waals surface area contributed by atoms with Crippen LogP contribution in [0.1, 0.15) is 186 Å². The van der Waals surface area contributed by atoms with Crippen LogP contribution in [0.3, 0.4) is 0 Å². The van der Waals surface area contributed by atoms with Crippen molar-refractivity contribution >= 4 is 32.8 Å². The summed E-state index contributed by atoms with van der Waals surface area (Å²) in [6.07, 6.45) is -10.1. The van der Waals surface area contributed by atoms with Crippen molar-refractivity contribution < 1.29 is 40.0 Å². The zero-order valence-corrected chi connectivity index (χ0v) is 78.1. The fourth-order valence-electron chi connectivity index (χ4n) is 12.9. The number of ketones is 1. The topological polar surface area (TPSA) is 35.5 Å². The summed E-state index contributed by atoms with van der Waals surface area (Å²) >= 11 is 0. The fraction of sp³-hybridized carbons (Fsp3) is 0.318. The number of rotatable bonds is 12. The van der Waals surface area contributed by atoms with Crippen LogP contribution in [-0.2, 0) is 16.0 Å². The Morgan fingerprint density at radius 1 is 0.263 bits per heavy atom. The number of alkyl halides is 6. The maximum atomic E-state index is 14.0. The number of carbonyl (C=O) groups is 1. The van der Waals surface area contributed by atoms with E-state index in [1.54, 1.807) is 13.8 Å². The molecule has 0 heterocycles. The normalized spacial score (nSPS) is 11.2. The molecule has 0 fully saturated rings. The van der Waals surface area contributed by atoms with Crippen molar-refractivity contribution in [1.29, 1.82) is 0 Å². The van der Waals surface area contributed by atoms with Crippen molar-refractivity contribution in [2.75, 3.05) is 0 Å². The fourth-order valence-corrected chi connectivity index (χ4v) is 21.1. The van der Waals surface area contributed by atoms with Crippen LogP contribution in [0.2, 0.25) is 26.2 Å². The first-order valence-corrected chi connectivity index (χ1v) is 46.7. The van der Waals surface area contributed by atoms with E-state index in [-0.39, 0.29) is 5.78 Å². The molecular formula is C107H130F6O3Si2. The van der Waals surface area contributed by atoms with Crippen LogP contribution in [0.4, 0.5) is 26.3 Å². The van der Waals surface area contributed by atoms with Gasteiger partial charge in [0.05, 0.1) is 0 Å². The molecule has 3 nitrogen and oxygen atoms in total. The van der Waals surface area contributed by atoms with Gasteiger partial charge in [-0.15, -0.1) is 0 Å². The summed E-state index contributed by atoms with van der Waals surface area (Å²) < 4.78 is 96.6. The highest BCUT2D eigenvalue weighted by molar-refractivity contribution is 6.96. The highest BCUT2D eigenvalue weighted by Gasteiger charge is 2.72. The average molecular weight is 1630 g/mol. The second-order valence-corrected chi connectivity index (χ2v) is 40.8. The summed E-state index contributed by atoms with van der Waals surface area (Å²) in [7, 11) is -3.84. The van der Waals surface area contributed by atoms with E-state index in [1.165, 1.54) is 148 Å². The molecule has 0 amide bonds. The molecule has 11 heteroatoms. The van der Waals surface area contributed by atoms with Crippen LogP contribution in [0.5, 0.6) is 11.5 Å². The maximum Gasteiger partial charge on any atom is 0.411 e. The summed E-state index contributed by atoms with van der Waals surface area (Å²) in [5.74, 6) is 1.90. The van der Waals surface area contributed by atoms with E-state index in [1.807, 2.05) is 76.2 Å². The average Bonchev–Trinajstić information content (AvgIpc) is 0.713. The lowest BCUT2D eigenvalue weighted by molar-refractivity contribution is -0.288. The van der Waals surface area contributed by atoms with Crippen LogP contribution < -0.4 is 15.1 Å². The second kappa shape index (κ2) is 43.7. The van der Waals surface area contributed by atoms with Gasteiger partial charge in [-0.25, -0.2) is 0 Å². The molecule has 0 N–H and O–H groups in total. The van der Waals surface area contributed by atoms with Crippen LogP contribution in [0.15, 0.2) is 231 Å². The molecule has 0 bridgehead atoms. The Bertz CT molecular complexity index is 4880. The van der Waals surface area contributed by atoms with Crippen LogP contribution in [0, 0.1) is 166 Å². The quantitative estimate of drug-likeness (QED) is 0.0695. The molecule has 12 aromatic carbocycles. The van der Waals surface area contributed by atoms with Crippen molar-refractivity contribution in [3.05, 3.63) is 397 Å². The zero-order chi connectivity index (χ0) is 88.7. The minimum atomic E-state index is -5.55. The summed E-state index contributed by atoms with van der Waals surface area (Å²) in [4.78, 5) is 12.4. The largest absolute Gasteiger partial charge is 0.457 e. The van der Waals surface area contributed by atoms with Gasteiger partial charge in [-0.1, -0.05) is 208 Å². The maximum absolute atomic E-state index is 14.0. The Morgan fingerprint density at radius 2 is 0.492 bits per heavy atom. The third-order valence-electron chi connectivity index (χ3n) is 22.8. The molecule has 0 aliphatic rings. The van der Waals surface area contributed by atoms with Gasteiger partial charge < -0.3 is 8.85 Å². The van der Waals surface area contributed by atoms with Gasteiger partial charge in [-0.2, -0.15) is 26.3 Å². The van der Waals surface area contributed by atoms with E-state index in [4.69, 9.17) is 8.85 Å². The summed E-state index contributed by atoms with van der Waals surface area (Å²) in [6, 6.07) is 74.3. The molecule has 12 rings (SSSR count). The standard InChI is InChI=1S/C20H30OSi2.C19H18F6.C17H18O.C17H20.C16H18O.2C8H10.C2H6/c1-15-9-11-19(13-17(15)3)22(5,6)21-23(7,8)20-12-10-16(2)18(4)14-20;1-11-5-7-15(9-13(11)3)17(18(20,21)22,19(23,24)25)16-8-6-12(2)14(4)10-16;1-11-5-7-15(9-13(11)3)17(18)16-8-6-12(2)14(4)10-16;1-12-5-7-16(9-14(12)3)11-17-8-6-13(2)15(4)10-17;1-11-5-7-15(9-13(11)3)17-16-8-6-12(2)14(4)10-16;2*1-7-5-3-4-6-8(7)2;1-2/h9-14H,1-8H3;5-10H,1-4H3;5-10H,1-4H3;5-10H,11H2,1-4H3;5-10H,1-4H3;2*3-6H,1-2H3;1-2H3. The van der Waals surface area contributed by atoms with Crippen molar-refractivity contribution in [1.82, 2.24) is 0 Å². The van der Waals surface area contributed by atoms with Crippen LogP contribution in [-0.4, -0.2) is 34.8 Å². The molecule has 626 valence electrons. The second-order valence-electron chi connectivity index (χ2n) is 32.8. The molecule has 0 aromatic heterocycles. The number of benzene rings is 12. The number of aryl methyl sites for hydroxylation is 24. The van der Waals surface area contributed by atoms with Crippen molar-refractivity contribution in [2.45, 2.75) is 230 Å². The first-order chi connectivity index (χ1) is 55.1. The van der Waals surface area contributed by atoms with Gasteiger partial charge in [0.15, 0.2) is 5.78 Å². The highest BCUT2D eigenvalue weighted by atomic mass is 28.4. The third-order valence-corrected chi connectivity index (χ3v) is 30.3. The SMILES string of the molecule is CC.Cc1ccc(C(=O)c2ccc(C)c(C)c2)cc1C.Cc1ccc(C(c2ccc(C)c(C)c2)(C(F)(F)F)C(F)(F)F)cc1C.Cc1ccc(Cc2ccc(C)c(C)c2)cc1C.Cc1ccc(Oc2ccc(C)c(C)c2)cc1C.Cc1ccc([Si](C)(C)O[Si](C)(C)c2ccc(C)c(C)c2)cc1C.Cc1ccccc1C.Cc1ccccc1C. The number of hydrogen-bond acceptors (Lipinski definition) is 3. The number of hydrogen-bond donors (Lipinski definition) is 0. The minimum absolute atomic E-state index is 0.0983.